The van der Waals surface area contributed by atoms with Gasteiger partial charge in [-0.15, -0.1) is 0 Å². The number of anilines is 1. The average molecular weight is 313 g/mol. The second kappa shape index (κ2) is 5.34. The van der Waals surface area contributed by atoms with Gasteiger partial charge in [-0.05, 0) is 38.4 Å². The minimum Gasteiger partial charge on any atom is -0.340 e. The molecule has 5 nitrogen and oxygen atoms in total. The second-order valence-electron chi connectivity index (χ2n) is 7.18. The van der Waals surface area contributed by atoms with Crippen molar-refractivity contribution in [2.24, 2.45) is 5.92 Å². The summed E-state index contributed by atoms with van der Waals surface area (Å²) in [4.78, 5) is 30.9. The molecule has 3 fully saturated rings. The van der Waals surface area contributed by atoms with E-state index in [1.54, 1.807) is 0 Å². The van der Waals surface area contributed by atoms with Gasteiger partial charge in [0, 0.05) is 31.2 Å². The molecule has 2 heterocycles. The monoisotopic (exact) mass is 313 g/mol. The largest absolute Gasteiger partial charge is 0.340 e. The summed E-state index contributed by atoms with van der Waals surface area (Å²) < 4.78 is 0. The van der Waals surface area contributed by atoms with Gasteiger partial charge in [-0.1, -0.05) is 18.2 Å². The van der Waals surface area contributed by atoms with E-state index in [2.05, 4.69) is 4.90 Å². The van der Waals surface area contributed by atoms with Crippen LogP contribution < -0.4 is 4.90 Å². The molecule has 1 aliphatic carbocycles. The molecule has 1 aromatic rings. The summed E-state index contributed by atoms with van der Waals surface area (Å²) in [5, 5.41) is 0. The number of carbonyl (C=O) groups is 2. The highest BCUT2D eigenvalue weighted by atomic mass is 16.2. The summed E-state index contributed by atoms with van der Waals surface area (Å²) in [6.07, 6.45) is 3.04. The van der Waals surface area contributed by atoms with Crippen molar-refractivity contribution in [3.05, 3.63) is 30.3 Å². The SMILES string of the molecule is CN1CC(=O)N(c2ccccc2)C[C@]12CCN(C(=O)C1CC1)C2. The molecule has 1 saturated carbocycles. The average Bonchev–Trinajstić information content (AvgIpc) is 3.32. The summed E-state index contributed by atoms with van der Waals surface area (Å²) in [7, 11) is 2.02. The zero-order valence-electron chi connectivity index (χ0n) is 13.6. The van der Waals surface area contributed by atoms with E-state index in [1.807, 2.05) is 47.2 Å². The van der Waals surface area contributed by atoms with Gasteiger partial charge in [0.05, 0.1) is 12.1 Å². The predicted octanol–water partition coefficient (Wildman–Crippen LogP) is 1.35. The highest BCUT2D eigenvalue weighted by molar-refractivity contribution is 5.96. The van der Waals surface area contributed by atoms with Crippen LogP contribution in [0, 0.1) is 5.92 Å². The molecule has 0 radical (unpaired) electrons. The number of likely N-dealkylation sites (tertiary alicyclic amines) is 1. The lowest BCUT2D eigenvalue weighted by Crippen LogP contribution is -2.64. The molecule has 2 amide bonds. The van der Waals surface area contributed by atoms with E-state index in [0.717, 1.165) is 38.0 Å². The van der Waals surface area contributed by atoms with E-state index < -0.39 is 0 Å². The maximum Gasteiger partial charge on any atom is 0.241 e. The first-order valence-electron chi connectivity index (χ1n) is 8.44. The van der Waals surface area contributed by atoms with Gasteiger partial charge in [0.25, 0.3) is 0 Å². The van der Waals surface area contributed by atoms with Crippen LogP contribution in [0.4, 0.5) is 5.69 Å². The maximum atomic E-state index is 12.5. The van der Waals surface area contributed by atoms with Crippen molar-refractivity contribution in [1.29, 1.82) is 0 Å². The van der Waals surface area contributed by atoms with Crippen LogP contribution in [0.5, 0.6) is 0 Å². The molecule has 5 heteroatoms. The Labute approximate surface area is 136 Å². The minimum absolute atomic E-state index is 0.103. The predicted molar refractivity (Wildman–Crippen MR) is 88.1 cm³/mol. The number of likely N-dealkylation sites (N-methyl/N-ethyl adjacent to an activating group) is 1. The van der Waals surface area contributed by atoms with E-state index in [4.69, 9.17) is 0 Å². The van der Waals surface area contributed by atoms with Crippen LogP contribution in [0.15, 0.2) is 30.3 Å². The van der Waals surface area contributed by atoms with Crippen LogP contribution in [-0.4, -0.2) is 60.4 Å². The summed E-state index contributed by atoms with van der Waals surface area (Å²) in [5.74, 6) is 0.723. The lowest BCUT2D eigenvalue weighted by molar-refractivity contribution is -0.132. The Morgan fingerprint density at radius 3 is 2.61 bits per heavy atom. The van der Waals surface area contributed by atoms with E-state index in [0.29, 0.717) is 19.0 Å². The van der Waals surface area contributed by atoms with Gasteiger partial charge < -0.3 is 9.80 Å². The van der Waals surface area contributed by atoms with Crippen molar-refractivity contribution in [3.8, 4) is 0 Å². The van der Waals surface area contributed by atoms with Crippen LogP contribution in [-0.2, 0) is 9.59 Å². The number of piperazine rings is 1. The molecular weight excluding hydrogens is 290 g/mol. The van der Waals surface area contributed by atoms with E-state index in [-0.39, 0.29) is 17.4 Å². The van der Waals surface area contributed by atoms with E-state index in [1.165, 1.54) is 0 Å². The van der Waals surface area contributed by atoms with Crippen LogP contribution in [0.1, 0.15) is 19.3 Å². The number of amides is 2. The summed E-state index contributed by atoms with van der Waals surface area (Å²) in [5.41, 5.74) is 0.853. The Kier molecular flexibility index (Phi) is 3.41. The molecule has 1 atom stereocenters. The first-order valence-corrected chi connectivity index (χ1v) is 8.44. The fraction of sp³-hybridized carbons (Fsp3) is 0.556. The number of para-hydroxylation sites is 1. The highest BCUT2D eigenvalue weighted by Crippen LogP contribution is 2.37. The first-order chi connectivity index (χ1) is 11.1. The van der Waals surface area contributed by atoms with Gasteiger partial charge in [-0.25, -0.2) is 0 Å². The van der Waals surface area contributed by atoms with Gasteiger partial charge >= 0.3 is 0 Å². The lowest BCUT2D eigenvalue weighted by Gasteiger charge is -2.46. The number of carbonyl (C=O) groups excluding carboxylic acids is 2. The number of rotatable bonds is 2. The van der Waals surface area contributed by atoms with Crippen molar-refractivity contribution in [2.45, 2.75) is 24.8 Å². The summed E-state index contributed by atoms with van der Waals surface area (Å²) in [6.45, 7) is 2.65. The first kappa shape index (κ1) is 14.7. The molecule has 0 aromatic heterocycles. The number of hydrogen-bond acceptors (Lipinski definition) is 3. The molecule has 3 aliphatic rings. The van der Waals surface area contributed by atoms with Crippen LogP contribution in [0.25, 0.3) is 0 Å². The Morgan fingerprint density at radius 2 is 1.91 bits per heavy atom. The Hall–Kier alpha value is -1.88. The van der Waals surface area contributed by atoms with Gasteiger partial charge in [0.2, 0.25) is 11.8 Å². The highest BCUT2D eigenvalue weighted by Gasteiger charge is 2.50. The maximum absolute atomic E-state index is 12.5. The van der Waals surface area contributed by atoms with Crippen molar-refractivity contribution < 1.29 is 9.59 Å². The summed E-state index contributed by atoms with van der Waals surface area (Å²) >= 11 is 0. The molecule has 122 valence electrons. The third kappa shape index (κ3) is 2.53. The van der Waals surface area contributed by atoms with Crippen LogP contribution >= 0.6 is 0 Å². The molecular formula is C18H23N3O2. The number of nitrogens with zero attached hydrogens (tertiary/aromatic N) is 3. The van der Waals surface area contributed by atoms with Crippen LogP contribution in [0.3, 0.4) is 0 Å². The van der Waals surface area contributed by atoms with Crippen LogP contribution in [0.2, 0.25) is 0 Å². The molecule has 23 heavy (non-hydrogen) atoms. The molecule has 1 spiro atoms. The fourth-order valence-corrected chi connectivity index (χ4v) is 3.88. The molecule has 2 aliphatic heterocycles. The second-order valence-corrected chi connectivity index (χ2v) is 7.18. The third-order valence-electron chi connectivity index (χ3n) is 5.57. The lowest BCUT2D eigenvalue weighted by atomic mass is 9.92. The zero-order valence-corrected chi connectivity index (χ0v) is 13.6. The molecule has 0 bridgehead atoms. The van der Waals surface area contributed by atoms with Gasteiger partial charge in [0.15, 0.2) is 0 Å². The zero-order chi connectivity index (χ0) is 16.0. The Morgan fingerprint density at radius 1 is 1.17 bits per heavy atom. The topological polar surface area (TPSA) is 43.9 Å². The van der Waals surface area contributed by atoms with Crippen molar-refractivity contribution in [2.75, 3.05) is 38.1 Å². The Bertz CT molecular complexity index is 628. The van der Waals surface area contributed by atoms with Crippen molar-refractivity contribution >= 4 is 17.5 Å². The summed E-state index contributed by atoms with van der Waals surface area (Å²) in [6, 6.07) is 9.86. The molecule has 4 rings (SSSR count). The van der Waals surface area contributed by atoms with E-state index in [9.17, 15) is 9.59 Å². The van der Waals surface area contributed by atoms with Crippen molar-refractivity contribution in [3.63, 3.8) is 0 Å². The van der Waals surface area contributed by atoms with Gasteiger partial charge in [0.1, 0.15) is 0 Å². The number of hydrogen-bond donors (Lipinski definition) is 0. The van der Waals surface area contributed by atoms with Gasteiger partial charge in [-0.2, -0.15) is 0 Å². The van der Waals surface area contributed by atoms with Crippen molar-refractivity contribution in [1.82, 2.24) is 9.80 Å². The standard InChI is InChI=1S/C18H23N3O2/c1-19-11-16(22)21(15-5-3-2-4-6-15)13-18(19)9-10-20(12-18)17(23)14-7-8-14/h2-6,14H,7-13H2,1H3/t18-/m1/s1. The van der Waals surface area contributed by atoms with E-state index >= 15 is 0 Å². The molecule has 0 N–H and O–H groups in total. The Balaban J connectivity index is 1.56. The normalized spacial score (nSPS) is 28.7. The fourth-order valence-electron chi connectivity index (χ4n) is 3.88. The number of benzene rings is 1. The minimum atomic E-state index is -0.103. The van der Waals surface area contributed by atoms with Gasteiger partial charge in [-0.3, -0.25) is 14.5 Å². The third-order valence-corrected chi connectivity index (χ3v) is 5.57. The quantitative estimate of drug-likeness (QED) is 0.828. The molecule has 0 unspecified atom stereocenters. The smallest absolute Gasteiger partial charge is 0.241 e. The molecule has 2 saturated heterocycles. The molecule has 1 aromatic carbocycles.